The van der Waals surface area contributed by atoms with E-state index in [0.29, 0.717) is 6.04 Å². The topological polar surface area (TPSA) is 71.8 Å². The summed E-state index contributed by atoms with van der Waals surface area (Å²) in [5, 5.41) is 7.87. The lowest BCUT2D eigenvalue weighted by Crippen LogP contribution is -2.41. The van der Waals surface area contributed by atoms with Crippen LogP contribution in [0.1, 0.15) is 25.7 Å². The second kappa shape index (κ2) is 7.39. The van der Waals surface area contributed by atoms with E-state index >= 15 is 0 Å². The number of amides is 1. The molecule has 7 heteroatoms. The summed E-state index contributed by atoms with van der Waals surface area (Å²) in [7, 11) is 1.67. The van der Waals surface area contributed by atoms with Crippen LogP contribution < -0.4 is 15.0 Å². The van der Waals surface area contributed by atoms with Gasteiger partial charge in [0.2, 0.25) is 5.91 Å². The number of carbonyl (C=O) groups excluding carboxylic acids is 1. The van der Waals surface area contributed by atoms with Gasteiger partial charge in [-0.05, 0) is 43.9 Å². The lowest BCUT2D eigenvalue weighted by Gasteiger charge is -2.32. The first-order valence-corrected chi connectivity index (χ1v) is 10.3. The van der Waals surface area contributed by atoms with Crippen molar-refractivity contribution in [3.63, 3.8) is 0 Å². The Morgan fingerprint density at radius 3 is 2.76 bits per heavy atom. The average Bonchev–Trinajstić information content (AvgIpc) is 3.47. The van der Waals surface area contributed by atoms with Gasteiger partial charge in [0, 0.05) is 43.0 Å². The maximum absolute atomic E-state index is 12.3. The standard InChI is InChI=1S/C22H25N5O2/c1-29-18-4-2-3-16(13-18)19-14-20-21(23-9-12-27(20)25-19)26-10-7-15(8-11-26)22(28)24-17-5-6-17/h2-4,9,12-15,17H,5-8,10-11H2,1H3,(H,24,28). The average molecular weight is 391 g/mol. The minimum absolute atomic E-state index is 0.115. The minimum atomic E-state index is 0.115. The number of methoxy groups -OCH3 is 1. The maximum Gasteiger partial charge on any atom is 0.223 e. The molecule has 150 valence electrons. The van der Waals surface area contributed by atoms with E-state index in [4.69, 9.17) is 9.84 Å². The molecular weight excluding hydrogens is 366 g/mol. The highest BCUT2D eigenvalue weighted by molar-refractivity contribution is 5.80. The molecule has 1 saturated carbocycles. The highest BCUT2D eigenvalue weighted by Gasteiger charge is 2.30. The van der Waals surface area contributed by atoms with E-state index in [9.17, 15) is 4.79 Å². The number of nitrogens with one attached hydrogen (secondary N) is 1. The fourth-order valence-corrected chi connectivity index (χ4v) is 3.98. The molecule has 2 aromatic heterocycles. The molecule has 0 bridgehead atoms. The van der Waals surface area contributed by atoms with E-state index in [0.717, 1.165) is 67.1 Å². The molecule has 3 heterocycles. The molecule has 1 amide bonds. The van der Waals surface area contributed by atoms with Crippen molar-refractivity contribution in [2.24, 2.45) is 5.92 Å². The highest BCUT2D eigenvalue weighted by atomic mass is 16.5. The van der Waals surface area contributed by atoms with E-state index < -0.39 is 0 Å². The third-order valence-corrected chi connectivity index (χ3v) is 5.82. The van der Waals surface area contributed by atoms with Gasteiger partial charge < -0.3 is 15.0 Å². The molecule has 1 N–H and O–H groups in total. The van der Waals surface area contributed by atoms with Crippen molar-refractivity contribution < 1.29 is 9.53 Å². The van der Waals surface area contributed by atoms with Gasteiger partial charge in [-0.3, -0.25) is 4.79 Å². The van der Waals surface area contributed by atoms with Crippen LogP contribution >= 0.6 is 0 Å². The lowest BCUT2D eigenvalue weighted by atomic mass is 9.96. The quantitative estimate of drug-likeness (QED) is 0.724. The summed E-state index contributed by atoms with van der Waals surface area (Å²) in [5.41, 5.74) is 2.87. The second-order valence-corrected chi connectivity index (χ2v) is 7.89. The van der Waals surface area contributed by atoms with Crippen LogP contribution in [-0.2, 0) is 4.79 Å². The van der Waals surface area contributed by atoms with Crippen LogP contribution in [0.4, 0.5) is 5.82 Å². The van der Waals surface area contributed by atoms with Gasteiger partial charge in [0.15, 0.2) is 5.82 Å². The molecule has 1 saturated heterocycles. The zero-order valence-electron chi connectivity index (χ0n) is 16.5. The lowest BCUT2D eigenvalue weighted by molar-refractivity contribution is -0.125. The van der Waals surface area contributed by atoms with Gasteiger partial charge in [0.1, 0.15) is 11.3 Å². The Kier molecular flexibility index (Phi) is 4.58. The smallest absolute Gasteiger partial charge is 0.223 e. The highest BCUT2D eigenvalue weighted by Crippen LogP contribution is 2.30. The Hall–Kier alpha value is -3.09. The van der Waals surface area contributed by atoms with Crippen molar-refractivity contribution in [1.82, 2.24) is 19.9 Å². The number of rotatable bonds is 5. The molecule has 0 spiro atoms. The first-order chi connectivity index (χ1) is 14.2. The second-order valence-electron chi connectivity index (χ2n) is 7.89. The Balaban J connectivity index is 1.36. The number of carbonyl (C=O) groups is 1. The van der Waals surface area contributed by atoms with E-state index in [-0.39, 0.29) is 11.8 Å². The predicted molar refractivity (Wildman–Crippen MR) is 111 cm³/mol. The van der Waals surface area contributed by atoms with Gasteiger partial charge in [-0.25, -0.2) is 9.50 Å². The fraction of sp³-hybridized carbons (Fsp3) is 0.409. The van der Waals surface area contributed by atoms with E-state index in [2.05, 4.69) is 21.3 Å². The van der Waals surface area contributed by atoms with Crippen molar-refractivity contribution in [3.05, 3.63) is 42.7 Å². The number of aromatic nitrogens is 3. The third-order valence-electron chi connectivity index (χ3n) is 5.82. The largest absolute Gasteiger partial charge is 0.497 e. The summed E-state index contributed by atoms with van der Waals surface area (Å²) in [5.74, 6) is 2.08. The fourth-order valence-electron chi connectivity index (χ4n) is 3.98. The van der Waals surface area contributed by atoms with Gasteiger partial charge in [0.25, 0.3) is 0 Å². The number of hydrogen-bond acceptors (Lipinski definition) is 5. The van der Waals surface area contributed by atoms with Crippen molar-refractivity contribution >= 4 is 17.2 Å². The molecule has 7 nitrogen and oxygen atoms in total. The Morgan fingerprint density at radius 1 is 1.17 bits per heavy atom. The van der Waals surface area contributed by atoms with Gasteiger partial charge in [-0.1, -0.05) is 12.1 Å². The summed E-state index contributed by atoms with van der Waals surface area (Å²) < 4.78 is 7.22. The summed E-state index contributed by atoms with van der Waals surface area (Å²) >= 11 is 0. The molecule has 29 heavy (non-hydrogen) atoms. The SMILES string of the molecule is COc1cccc(-c2cc3c(N4CCC(C(=O)NC5CC5)CC4)nccn3n2)c1. The van der Waals surface area contributed by atoms with Crippen LogP contribution in [0.15, 0.2) is 42.7 Å². The summed E-state index contributed by atoms with van der Waals surface area (Å²) in [6, 6.07) is 10.4. The first-order valence-electron chi connectivity index (χ1n) is 10.3. The van der Waals surface area contributed by atoms with Crippen LogP contribution in [0.3, 0.4) is 0 Å². The number of fused-ring (bicyclic) bond motifs is 1. The molecule has 5 rings (SSSR count). The van der Waals surface area contributed by atoms with E-state index in [1.807, 2.05) is 35.0 Å². The van der Waals surface area contributed by atoms with Crippen LogP contribution in [0.2, 0.25) is 0 Å². The minimum Gasteiger partial charge on any atom is -0.497 e. The van der Waals surface area contributed by atoms with Gasteiger partial charge in [0.05, 0.1) is 12.8 Å². The van der Waals surface area contributed by atoms with Gasteiger partial charge in [-0.15, -0.1) is 0 Å². The van der Waals surface area contributed by atoms with Gasteiger partial charge in [-0.2, -0.15) is 5.10 Å². The number of hydrogen-bond donors (Lipinski definition) is 1. The number of anilines is 1. The molecule has 1 aliphatic heterocycles. The molecule has 1 aliphatic carbocycles. The number of ether oxygens (including phenoxy) is 1. The van der Waals surface area contributed by atoms with Crippen LogP contribution in [0, 0.1) is 5.92 Å². The molecular formula is C22H25N5O2. The molecule has 3 aromatic rings. The third kappa shape index (κ3) is 3.64. The van der Waals surface area contributed by atoms with Crippen LogP contribution in [-0.4, -0.2) is 46.7 Å². The number of nitrogens with zero attached hydrogens (tertiary/aromatic N) is 4. The molecule has 0 unspecified atom stereocenters. The molecule has 1 aromatic carbocycles. The van der Waals surface area contributed by atoms with Crippen molar-refractivity contribution in [3.8, 4) is 17.0 Å². The molecule has 0 radical (unpaired) electrons. The Labute approximate surface area is 169 Å². The summed E-state index contributed by atoms with van der Waals surface area (Å²) in [4.78, 5) is 19.3. The van der Waals surface area contributed by atoms with E-state index in [1.54, 1.807) is 13.3 Å². The zero-order chi connectivity index (χ0) is 19.8. The number of benzene rings is 1. The summed E-state index contributed by atoms with van der Waals surface area (Å²) in [6.45, 7) is 1.66. The predicted octanol–water partition coefficient (Wildman–Crippen LogP) is 2.90. The molecule has 2 fully saturated rings. The van der Waals surface area contributed by atoms with Crippen molar-refractivity contribution in [2.75, 3.05) is 25.1 Å². The Morgan fingerprint density at radius 2 is 2.00 bits per heavy atom. The normalized spacial score (nSPS) is 17.5. The van der Waals surface area contributed by atoms with Crippen LogP contribution in [0.5, 0.6) is 5.75 Å². The van der Waals surface area contributed by atoms with Crippen molar-refractivity contribution in [2.45, 2.75) is 31.7 Å². The first kappa shape index (κ1) is 18.0. The monoisotopic (exact) mass is 391 g/mol. The molecule has 2 aliphatic rings. The van der Waals surface area contributed by atoms with Crippen molar-refractivity contribution in [1.29, 1.82) is 0 Å². The Bertz CT molecular complexity index is 1030. The molecule has 0 atom stereocenters. The zero-order valence-corrected chi connectivity index (χ0v) is 16.5. The van der Waals surface area contributed by atoms with Gasteiger partial charge >= 0.3 is 0 Å². The van der Waals surface area contributed by atoms with E-state index in [1.165, 1.54) is 0 Å². The number of piperidine rings is 1. The van der Waals surface area contributed by atoms with Crippen LogP contribution in [0.25, 0.3) is 16.8 Å². The maximum atomic E-state index is 12.3. The summed E-state index contributed by atoms with van der Waals surface area (Å²) in [6.07, 6.45) is 7.64.